The van der Waals surface area contributed by atoms with Gasteiger partial charge < -0.3 is 15.0 Å². The molecule has 18 heavy (non-hydrogen) atoms. The van der Waals surface area contributed by atoms with Crippen molar-refractivity contribution in [2.75, 3.05) is 19.6 Å². The van der Waals surface area contributed by atoms with E-state index in [0.717, 1.165) is 6.54 Å². The lowest BCUT2D eigenvalue weighted by Crippen LogP contribution is -2.52. The molecule has 1 saturated heterocycles. The largest absolute Gasteiger partial charge is 0.372 e. The maximum atomic E-state index is 12.1. The Balaban J connectivity index is 1.80. The van der Waals surface area contributed by atoms with Gasteiger partial charge in [-0.2, -0.15) is 0 Å². The van der Waals surface area contributed by atoms with Crippen LogP contribution in [0.15, 0.2) is 0 Å². The fourth-order valence-electron chi connectivity index (χ4n) is 3.15. The van der Waals surface area contributed by atoms with Crippen molar-refractivity contribution in [1.82, 2.24) is 10.2 Å². The number of carbonyl (C=O) groups is 1. The van der Waals surface area contributed by atoms with Crippen LogP contribution in [0.2, 0.25) is 0 Å². The van der Waals surface area contributed by atoms with E-state index in [-0.39, 0.29) is 18.2 Å². The summed E-state index contributed by atoms with van der Waals surface area (Å²) >= 11 is 0. The molecule has 1 N–H and O–H groups in total. The third-order valence-corrected chi connectivity index (χ3v) is 4.18. The molecule has 0 aromatic heterocycles. The van der Waals surface area contributed by atoms with Crippen molar-refractivity contribution >= 4 is 6.03 Å². The molecule has 2 aliphatic rings. The summed E-state index contributed by atoms with van der Waals surface area (Å²) in [6.45, 7) is 8.54. The summed E-state index contributed by atoms with van der Waals surface area (Å²) in [5.41, 5.74) is 0.319. The van der Waals surface area contributed by atoms with E-state index in [9.17, 15) is 4.79 Å². The van der Waals surface area contributed by atoms with Crippen molar-refractivity contribution in [2.45, 2.75) is 58.7 Å². The smallest absolute Gasteiger partial charge is 0.317 e. The lowest BCUT2D eigenvalue weighted by molar-refractivity contribution is -0.0546. The average molecular weight is 254 g/mol. The number of rotatable bonds is 2. The van der Waals surface area contributed by atoms with Gasteiger partial charge in [0.05, 0.1) is 12.2 Å². The van der Waals surface area contributed by atoms with Gasteiger partial charge in [-0.05, 0) is 32.1 Å². The Morgan fingerprint density at radius 1 is 1.28 bits per heavy atom. The van der Waals surface area contributed by atoms with Gasteiger partial charge in [0.25, 0.3) is 0 Å². The number of carbonyl (C=O) groups excluding carboxylic acids is 1. The minimum atomic E-state index is 0.0742. The molecular weight excluding hydrogens is 228 g/mol. The SMILES string of the molecule is CC1CN(C(=O)NCC2(C)CCCC2)CC(C)O1. The van der Waals surface area contributed by atoms with Crippen LogP contribution in [0.1, 0.15) is 46.5 Å². The average Bonchev–Trinajstić information content (AvgIpc) is 2.72. The molecule has 104 valence electrons. The van der Waals surface area contributed by atoms with Gasteiger partial charge in [0.2, 0.25) is 0 Å². The van der Waals surface area contributed by atoms with Crippen LogP contribution in [0.4, 0.5) is 4.79 Å². The molecule has 1 aliphatic heterocycles. The highest BCUT2D eigenvalue weighted by Gasteiger charge is 2.31. The Morgan fingerprint density at radius 3 is 2.39 bits per heavy atom. The van der Waals surface area contributed by atoms with Gasteiger partial charge in [0.1, 0.15) is 0 Å². The van der Waals surface area contributed by atoms with Crippen molar-refractivity contribution in [3.8, 4) is 0 Å². The Labute approximate surface area is 110 Å². The van der Waals surface area contributed by atoms with Crippen molar-refractivity contribution < 1.29 is 9.53 Å². The summed E-state index contributed by atoms with van der Waals surface area (Å²) in [6, 6.07) is 0.0742. The number of morpholine rings is 1. The van der Waals surface area contributed by atoms with Gasteiger partial charge in [-0.3, -0.25) is 0 Å². The van der Waals surface area contributed by atoms with Gasteiger partial charge in [-0.25, -0.2) is 4.79 Å². The number of amides is 2. The zero-order valence-corrected chi connectivity index (χ0v) is 11.9. The highest BCUT2D eigenvalue weighted by molar-refractivity contribution is 5.74. The molecule has 2 amide bonds. The summed E-state index contributed by atoms with van der Waals surface area (Å²) in [5, 5.41) is 3.11. The van der Waals surface area contributed by atoms with Crippen LogP contribution in [0.5, 0.6) is 0 Å². The van der Waals surface area contributed by atoms with Crippen LogP contribution in [-0.2, 0) is 4.74 Å². The molecule has 0 bridgehead atoms. The molecule has 1 heterocycles. The lowest BCUT2D eigenvalue weighted by Gasteiger charge is -2.36. The monoisotopic (exact) mass is 254 g/mol. The first-order chi connectivity index (χ1) is 8.48. The number of hydrogen-bond donors (Lipinski definition) is 1. The molecule has 4 nitrogen and oxygen atoms in total. The van der Waals surface area contributed by atoms with Crippen molar-refractivity contribution in [3.05, 3.63) is 0 Å². The number of hydrogen-bond acceptors (Lipinski definition) is 2. The molecule has 2 rings (SSSR count). The molecule has 0 aromatic carbocycles. The second-order valence-corrected chi connectivity index (χ2v) is 6.34. The summed E-state index contributed by atoms with van der Waals surface area (Å²) in [5.74, 6) is 0. The molecule has 0 spiro atoms. The molecule has 1 saturated carbocycles. The van der Waals surface area contributed by atoms with E-state index in [2.05, 4.69) is 12.2 Å². The van der Waals surface area contributed by atoms with Gasteiger partial charge >= 0.3 is 6.03 Å². The van der Waals surface area contributed by atoms with E-state index < -0.39 is 0 Å². The summed E-state index contributed by atoms with van der Waals surface area (Å²) in [4.78, 5) is 14.0. The normalized spacial score (nSPS) is 31.4. The van der Waals surface area contributed by atoms with E-state index in [4.69, 9.17) is 4.74 Å². The molecular formula is C14H26N2O2. The van der Waals surface area contributed by atoms with Gasteiger partial charge in [0, 0.05) is 19.6 Å². The van der Waals surface area contributed by atoms with E-state index in [1.165, 1.54) is 25.7 Å². The van der Waals surface area contributed by atoms with Crippen molar-refractivity contribution in [2.24, 2.45) is 5.41 Å². The topological polar surface area (TPSA) is 41.6 Å². The summed E-state index contributed by atoms with van der Waals surface area (Å²) in [6.07, 6.45) is 5.37. The second-order valence-electron chi connectivity index (χ2n) is 6.34. The zero-order chi connectivity index (χ0) is 13.2. The maximum absolute atomic E-state index is 12.1. The lowest BCUT2D eigenvalue weighted by atomic mass is 9.89. The molecule has 2 atom stereocenters. The van der Waals surface area contributed by atoms with Crippen LogP contribution in [0.25, 0.3) is 0 Å². The minimum Gasteiger partial charge on any atom is -0.372 e. The Hall–Kier alpha value is -0.770. The minimum absolute atomic E-state index is 0.0742. The molecule has 2 unspecified atom stereocenters. The zero-order valence-electron chi connectivity index (χ0n) is 11.9. The predicted molar refractivity (Wildman–Crippen MR) is 71.6 cm³/mol. The standard InChI is InChI=1S/C14H26N2O2/c1-11-8-16(9-12(2)18-11)13(17)15-10-14(3)6-4-5-7-14/h11-12H,4-10H2,1-3H3,(H,15,17). The number of urea groups is 1. The van der Waals surface area contributed by atoms with E-state index in [1.54, 1.807) is 0 Å². The molecule has 2 fully saturated rings. The molecule has 1 aliphatic carbocycles. The first-order valence-corrected chi connectivity index (χ1v) is 7.17. The fourth-order valence-corrected chi connectivity index (χ4v) is 3.15. The van der Waals surface area contributed by atoms with Crippen LogP contribution in [-0.4, -0.2) is 42.8 Å². The molecule has 0 radical (unpaired) electrons. The highest BCUT2D eigenvalue weighted by atomic mass is 16.5. The fraction of sp³-hybridized carbons (Fsp3) is 0.929. The molecule has 4 heteroatoms. The van der Waals surface area contributed by atoms with Gasteiger partial charge in [-0.15, -0.1) is 0 Å². The van der Waals surface area contributed by atoms with E-state index >= 15 is 0 Å². The third-order valence-electron chi connectivity index (χ3n) is 4.18. The second kappa shape index (κ2) is 5.47. The molecule has 0 aromatic rings. The van der Waals surface area contributed by atoms with E-state index in [0.29, 0.717) is 18.5 Å². The van der Waals surface area contributed by atoms with Gasteiger partial charge in [0.15, 0.2) is 0 Å². The van der Waals surface area contributed by atoms with Crippen LogP contribution >= 0.6 is 0 Å². The van der Waals surface area contributed by atoms with E-state index in [1.807, 2.05) is 18.7 Å². The first kappa shape index (κ1) is 13.7. The predicted octanol–water partition coefficient (Wildman–Crippen LogP) is 2.39. The number of nitrogens with one attached hydrogen (secondary N) is 1. The number of ether oxygens (including phenoxy) is 1. The van der Waals surface area contributed by atoms with Crippen LogP contribution < -0.4 is 5.32 Å². The summed E-state index contributed by atoms with van der Waals surface area (Å²) in [7, 11) is 0. The Kier molecular flexibility index (Phi) is 4.15. The first-order valence-electron chi connectivity index (χ1n) is 7.17. The maximum Gasteiger partial charge on any atom is 0.317 e. The number of nitrogens with zero attached hydrogens (tertiary/aromatic N) is 1. The Morgan fingerprint density at radius 2 is 1.83 bits per heavy atom. The van der Waals surface area contributed by atoms with Crippen molar-refractivity contribution in [1.29, 1.82) is 0 Å². The highest BCUT2D eigenvalue weighted by Crippen LogP contribution is 2.36. The van der Waals surface area contributed by atoms with Gasteiger partial charge in [-0.1, -0.05) is 19.8 Å². The van der Waals surface area contributed by atoms with Crippen LogP contribution in [0.3, 0.4) is 0 Å². The Bertz CT molecular complexity index is 290. The third kappa shape index (κ3) is 3.37. The van der Waals surface area contributed by atoms with Crippen LogP contribution in [0, 0.1) is 5.41 Å². The quantitative estimate of drug-likeness (QED) is 0.822. The van der Waals surface area contributed by atoms with Crippen molar-refractivity contribution in [3.63, 3.8) is 0 Å². The summed E-state index contributed by atoms with van der Waals surface area (Å²) < 4.78 is 5.64.